The maximum Gasteiger partial charge on any atom is 0.277 e. The molecule has 2 aromatic heterocycles. The fraction of sp³-hybridized carbons (Fsp3) is 0.111. The van der Waals surface area contributed by atoms with Gasteiger partial charge in [-0.25, -0.2) is 9.67 Å². The molecule has 3 aromatic rings. The monoisotopic (exact) mass is 578 g/mol. The van der Waals surface area contributed by atoms with Crippen molar-refractivity contribution < 1.29 is 9.59 Å². The third-order valence-corrected chi connectivity index (χ3v) is 5.62. The predicted molar refractivity (Wildman–Crippen MR) is 121 cm³/mol. The van der Waals surface area contributed by atoms with E-state index in [1.54, 1.807) is 37.4 Å². The van der Waals surface area contributed by atoms with Crippen LogP contribution in [0.1, 0.15) is 27.8 Å². The molecule has 6 nitrogen and oxygen atoms in total. The van der Waals surface area contributed by atoms with Gasteiger partial charge >= 0.3 is 0 Å². The number of hydrogen-bond acceptors (Lipinski definition) is 4. The first-order chi connectivity index (χ1) is 13.7. The van der Waals surface area contributed by atoms with E-state index in [4.69, 9.17) is 34.8 Å². The van der Waals surface area contributed by atoms with Gasteiger partial charge in [0.25, 0.3) is 11.1 Å². The minimum Gasteiger partial charge on any atom is -0.305 e. The molecule has 150 valence electrons. The topological polar surface area (TPSA) is 68.1 Å². The van der Waals surface area contributed by atoms with Gasteiger partial charge in [-0.2, -0.15) is 5.10 Å². The minimum absolute atomic E-state index is 0.0993. The van der Waals surface area contributed by atoms with E-state index in [1.807, 2.05) is 0 Å². The number of hydrogen-bond donors (Lipinski definition) is 0. The standard InChI is InChI=1S/C18H11Br2Cl3N4O2/c1-2-26(15-10(16(23)28)6-9(21)7-11(15)19)18(29)13-8-14(20)25-27(13)17-12(22)4-3-5-24-17/h3-8H,2H2,1H3. The highest BCUT2D eigenvalue weighted by atomic mass is 79.9. The van der Waals surface area contributed by atoms with Crippen molar-refractivity contribution in [2.45, 2.75) is 6.92 Å². The molecule has 1 amide bonds. The first kappa shape index (κ1) is 22.2. The normalized spacial score (nSPS) is 10.8. The Morgan fingerprint density at radius 3 is 2.55 bits per heavy atom. The minimum atomic E-state index is -0.739. The molecular formula is C18H11Br2Cl3N4O2. The molecule has 0 aliphatic heterocycles. The summed E-state index contributed by atoms with van der Waals surface area (Å²) in [4.78, 5) is 31.1. The highest BCUT2D eigenvalue weighted by molar-refractivity contribution is 9.10. The van der Waals surface area contributed by atoms with Crippen molar-refractivity contribution in [2.75, 3.05) is 11.4 Å². The summed E-state index contributed by atoms with van der Waals surface area (Å²) in [6, 6.07) is 7.86. The number of anilines is 1. The second-order valence-electron chi connectivity index (χ2n) is 5.68. The molecule has 1 aromatic carbocycles. The molecule has 0 aliphatic rings. The zero-order valence-corrected chi connectivity index (χ0v) is 20.1. The lowest BCUT2D eigenvalue weighted by Crippen LogP contribution is -2.33. The zero-order valence-electron chi connectivity index (χ0n) is 14.7. The van der Waals surface area contributed by atoms with Crippen LogP contribution in [0.2, 0.25) is 10.0 Å². The lowest BCUT2D eigenvalue weighted by molar-refractivity contribution is 0.0980. The lowest BCUT2D eigenvalue weighted by Gasteiger charge is -2.24. The summed E-state index contributed by atoms with van der Waals surface area (Å²) in [5.41, 5.74) is 0.592. The Balaban J connectivity index is 2.17. The number of halogens is 5. The Kier molecular flexibility index (Phi) is 7.01. The van der Waals surface area contributed by atoms with E-state index in [0.29, 0.717) is 30.6 Å². The van der Waals surface area contributed by atoms with Crippen LogP contribution in [0.25, 0.3) is 5.82 Å². The van der Waals surface area contributed by atoms with Crippen molar-refractivity contribution in [3.8, 4) is 5.82 Å². The smallest absolute Gasteiger partial charge is 0.277 e. The number of benzene rings is 1. The first-order valence-corrected chi connectivity index (χ1v) is 10.8. The summed E-state index contributed by atoms with van der Waals surface area (Å²) in [5, 5.41) is 4.17. The summed E-state index contributed by atoms with van der Waals surface area (Å²) in [6.07, 6.45) is 1.54. The van der Waals surface area contributed by atoms with Gasteiger partial charge < -0.3 is 4.90 Å². The second-order valence-corrected chi connectivity index (χ2v) is 8.53. The maximum absolute atomic E-state index is 13.5. The zero-order chi connectivity index (χ0) is 21.3. The van der Waals surface area contributed by atoms with E-state index in [0.717, 1.165) is 0 Å². The Morgan fingerprint density at radius 1 is 1.21 bits per heavy atom. The van der Waals surface area contributed by atoms with Crippen molar-refractivity contribution in [2.24, 2.45) is 0 Å². The van der Waals surface area contributed by atoms with Crippen molar-refractivity contribution in [1.29, 1.82) is 0 Å². The quantitative estimate of drug-likeness (QED) is 0.340. The van der Waals surface area contributed by atoms with Crippen LogP contribution in [-0.4, -0.2) is 32.5 Å². The number of carbonyl (C=O) groups excluding carboxylic acids is 2. The molecule has 2 heterocycles. The Hall–Kier alpha value is -1.45. The van der Waals surface area contributed by atoms with Gasteiger partial charge in [-0.3, -0.25) is 9.59 Å². The summed E-state index contributed by atoms with van der Waals surface area (Å²) in [6.45, 7) is 2.01. The molecule has 0 saturated carbocycles. The van der Waals surface area contributed by atoms with Crippen molar-refractivity contribution in [3.05, 3.63) is 66.9 Å². The van der Waals surface area contributed by atoms with Gasteiger partial charge in [0.05, 0.1) is 16.3 Å². The Bertz CT molecular complexity index is 1120. The fourth-order valence-corrected chi connectivity index (χ4v) is 4.48. The number of amides is 1. The molecule has 0 saturated heterocycles. The number of pyridine rings is 1. The third-order valence-electron chi connectivity index (χ3n) is 3.91. The van der Waals surface area contributed by atoms with Gasteiger partial charge in [0.2, 0.25) is 0 Å². The lowest BCUT2D eigenvalue weighted by atomic mass is 10.1. The first-order valence-electron chi connectivity index (χ1n) is 8.11. The molecule has 0 radical (unpaired) electrons. The number of nitrogens with zero attached hydrogens (tertiary/aromatic N) is 4. The van der Waals surface area contributed by atoms with Gasteiger partial charge in [0, 0.05) is 28.3 Å². The van der Waals surface area contributed by atoms with E-state index in [1.165, 1.54) is 15.6 Å². The summed E-state index contributed by atoms with van der Waals surface area (Å²) >= 11 is 24.7. The Morgan fingerprint density at radius 2 is 1.93 bits per heavy atom. The molecule has 0 aliphatic carbocycles. The van der Waals surface area contributed by atoms with Gasteiger partial charge in [0.15, 0.2) is 5.82 Å². The van der Waals surface area contributed by atoms with Crippen LogP contribution in [0.3, 0.4) is 0 Å². The highest BCUT2D eigenvalue weighted by Crippen LogP contribution is 2.36. The number of aromatic nitrogens is 3. The van der Waals surface area contributed by atoms with Crippen molar-refractivity contribution >= 4 is 83.5 Å². The van der Waals surface area contributed by atoms with Gasteiger partial charge in [-0.1, -0.05) is 23.2 Å². The maximum atomic E-state index is 13.5. The molecule has 0 unspecified atom stereocenters. The van der Waals surface area contributed by atoms with Crippen LogP contribution in [0.15, 0.2) is 45.6 Å². The van der Waals surface area contributed by atoms with Crippen LogP contribution in [0.4, 0.5) is 5.69 Å². The average Bonchev–Trinajstić information content (AvgIpc) is 3.05. The van der Waals surface area contributed by atoms with Crippen LogP contribution in [0.5, 0.6) is 0 Å². The molecule has 29 heavy (non-hydrogen) atoms. The molecular weight excluding hydrogens is 570 g/mol. The van der Waals surface area contributed by atoms with Crippen LogP contribution in [0, 0.1) is 0 Å². The molecule has 0 fully saturated rings. The van der Waals surface area contributed by atoms with Crippen LogP contribution < -0.4 is 4.90 Å². The van der Waals surface area contributed by atoms with E-state index in [-0.39, 0.29) is 17.8 Å². The van der Waals surface area contributed by atoms with Crippen LogP contribution in [-0.2, 0) is 0 Å². The second kappa shape index (κ2) is 9.14. The largest absolute Gasteiger partial charge is 0.305 e. The highest BCUT2D eigenvalue weighted by Gasteiger charge is 2.28. The predicted octanol–water partition coefficient (Wildman–Crippen LogP) is 6.14. The van der Waals surface area contributed by atoms with E-state index in [2.05, 4.69) is 41.9 Å². The summed E-state index contributed by atoms with van der Waals surface area (Å²) < 4.78 is 2.20. The van der Waals surface area contributed by atoms with E-state index >= 15 is 0 Å². The number of carbonyl (C=O) groups is 2. The summed E-state index contributed by atoms with van der Waals surface area (Å²) in [5.74, 6) is -0.141. The van der Waals surface area contributed by atoms with Crippen molar-refractivity contribution in [1.82, 2.24) is 14.8 Å². The Labute approximate surface area is 198 Å². The van der Waals surface area contributed by atoms with E-state index < -0.39 is 11.1 Å². The fourth-order valence-electron chi connectivity index (χ4n) is 2.73. The molecule has 0 bridgehead atoms. The third kappa shape index (κ3) is 4.51. The van der Waals surface area contributed by atoms with E-state index in [9.17, 15) is 9.59 Å². The number of rotatable bonds is 5. The molecule has 11 heteroatoms. The molecule has 3 rings (SSSR count). The van der Waals surface area contributed by atoms with Gasteiger partial charge in [-0.05, 0) is 74.7 Å². The van der Waals surface area contributed by atoms with Gasteiger partial charge in [0.1, 0.15) is 10.3 Å². The van der Waals surface area contributed by atoms with Crippen molar-refractivity contribution in [3.63, 3.8) is 0 Å². The van der Waals surface area contributed by atoms with Crippen LogP contribution >= 0.6 is 66.7 Å². The molecule has 0 spiro atoms. The average molecular weight is 581 g/mol. The van der Waals surface area contributed by atoms with Gasteiger partial charge in [-0.15, -0.1) is 0 Å². The molecule has 0 N–H and O–H groups in total. The SMILES string of the molecule is CCN(C(=O)c1cc(Br)nn1-c1ncccc1Cl)c1c(Br)cc(Cl)cc1C(=O)Cl. The molecule has 0 atom stereocenters. The summed E-state index contributed by atoms with van der Waals surface area (Å²) in [7, 11) is 0.